The first-order valence-corrected chi connectivity index (χ1v) is 6.06. The summed E-state index contributed by atoms with van der Waals surface area (Å²) in [4.78, 5) is 11.5. The summed E-state index contributed by atoms with van der Waals surface area (Å²) in [6, 6.07) is 0. The highest BCUT2D eigenvalue weighted by atomic mass is 16.5. The predicted molar refractivity (Wildman–Crippen MR) is 56.5 cm³/mol. The van der Waals surface area contributed by atoms with E-state index in [-0.39, 0.29) is 17.5 Å². The molecule has 0 N–H and O–H groups in total. The molecule has 1 aliphatic carbocycles. The van der Waals surface area contributed by atoms with Crippen LogP contribution in [0.3, 0.4) is 0 Å². The van der Waals surface area contributed by atoms with E-state index in [1.165, 1.54) is 12.8 Å². The van der Waals surface area contributed by atoms with E-state index >= 15 is 0 Å². The summed E-state index contributed by atoms with van der Waals surface area (Å²) in [7, 11) is 0. The van der Waals surface area contributed by atoms with Crippen molar-refractivity contribution in [2.45, 2.75) is 51.0 Å². The molecule has 15 heavy (non-hydrogen) atoms. The van der Waals surface area contributed by atoms with Gasteiger partial charge in [-0.2, -0.15) is 0 Å². The van der Waals surface area contributed by atoms with Crippen molar-refractivity contribution in [2.75, 3.05) is 13.2 Å². The van der Waals surface area contributed by atoms with Crippen molar-refractivity contribution in [1.29, 1.82) is 0 Å². The maximum atomic E-state index is 11.5. The van der Waals surface area contributed by atoms with E-state index < -0.39 is 0 Å². The van der Waals surface area contributed by atoms with Crippen LogP contribution in [0.5, 0.6) is 0 Å². The SMILES string of the molecule is CCOC(=O)C1CCC2(CCCO2)CC1. The lowest BCUT2D eigenvalue weighted by molar-refractivity contribution is -0.151. The molecule has 3 nitrogen and oxygen atoms in total. The van der Waals surface area contributed by atoms with Gasteiger partial charge in [-0.05, 0) is 45.4 Å². The Morgan fingerprint density at radius 1 is 1.40 bits per heavy atom. The van der Waals surface area contributed by atoms with Crippen molar-refractivity contribution in [3.63, 3.8) is 0 Å². The molecule has 0 unspecified atom stereocenters. The second-order valence-corrected chi connectivity index (χ2v) is 4.66. The standard InChI is InChI=1S/C12H20O3/c1-2-14-11(13)10-4-7-12(8-5-10)6-3-9-15-12/h10H,2-9H2,1H3. The molecular weight excluding hydrogens is 192 g/mol. The van der Waals surface area contributed by atoms with Crippen LogP contribution in [-0.4, -0.2) is 24.8 Å². The highest BCUT2D eigenvalue weighted by Crippen LogP contribution is 2.41. The Hall–Kier alpha value is -0.570. The number of esters is 1. The van der Waals surface area contributed by atoms with Gasteiger partial charge in [0.25, 0.3) is 0 Å². The lowest BCUT2D eigenvalue weighted by Crippen LogP contribution is -2.35. The molecule has 0 amide bonds. The van der Waals surface area contributed by atoms with Crippen molar-refractivity contribution >= 4 is 5.97 Å². The maximum Gasteiger partial charge on any atom is 0.308 e. The molecule has 1 saturated carbocycles. The van der Waals surface area contributed by atoms with Gasteiger partial charge in [0.05, 0.1) is 18.1 Å². The van der Waals surface area contributed by atoms with E-state index in [9.17, 15) is 4.79 Å². The molecule has 1 spiro atoms. The fourth-order valence-corrected chi connectivity index (χ4v) is 2.79. The van der Waals surface area contributed by atoms with E-state index in [0.717, 1.165) is 32.3 Å². The molecule has 1 aliphatic heterocycles. The maximum absolute atomic E-state index is 11.5. The highest BCUT2D eigenvalue weighted by molar-refractivity contribution is 5.72. The fraction of sp³-hybridized carbons (Fsp3) is 0.917. The Morgan fingerprint density at radius 2 is 2.13 bits per heavy atom. The third-order valence-electron chi connectivity index (χ3n) is 3.70. The van der Waals surface area contributed by atoms with E-state index in [4.69, 9.17) is 9.47 Å². The number of carbonyl (C=O) groups excluding carboxylic acids is 1. The minimum absolute atomic E-state index is 0.00894. The summed E-state index contributed by atoms with van der Waals surface area (Å²) in [6.07, 6.45) is 6.33. The molecule has 1 heterocycles. The average molecular weight is 212 g/mol. The quantitative estimate of drug-likeness (QED) is 0.659. The van der Waals surface area contributed by atoms with Gasteiger partial charge < -0.3 is 9.47 Å². The second kappa shape index (κ2) is 4.52. The number of carbonyl (C=O) groups is 1. The summed E-state index contributed by atoms with van der Waals surface area (Å²) < 4.78 is 10.9. The fourth-order valence-electron chi connectivity index (χ4n) is 2.79. The van der Waals surface area contributed by atoms with Gasteiger partial charge >= 0.3 is 5.97 Å². The van der Waals surface area contributed by atoms with Gasteiger partial charge in [-0.25, -0.2) is 0 Å². The van der Waals surface area contributed by atoms with Gasteiger partial charge in [-0.15, -0.1) is 0 Å². The zero-order valence-electron chi connectivity index (χ0n) is 9.46. The topological polar surface area (TPSA) is 35.5 Å². The molecule has 1 saturated heterocycles. The number of rotatable bonds is 2. The molecule has 0 atom stereocenters. The highest BCUT2D eigenvalue weighted by Gasteiger charge is 2.40. The zero-order valence-corrected chi connectivity index (χ0v) is 9.46. The molecule has 86 valence electrons. The average Bonchev–Trinajstić information content (AvgIpc) is 2.68. The minimum Gasteiger partial charge on any atom is -0.466 e. The summed E-state index contributed by atoms with van der Waals surface area (Å²) in [5.74, 6) is 0.116. The Labute approximate surface area is 91.1 Å². The molecule has 2 rings (SSSR count). The molecule has 2 aliphatic rings. The molecule has 3 heteroatoms. The van der Waals surface area contributed by atoms with Crippen molar-refractivity contribution in [1.82, 2.24) is 0 Å². The van der Waals surface area contributed by atoms with Gasteiger partial charge in [0, 0.05) is 6.61 Å². The van der Waals surface area contributed by atoms with Gasteiger partial charge in [-0.3, -0.25) is 4.79 Å². The summed E-state index contributed by atoms with van der Waals surface area (Å²) in [5, 5.41) is 0. The zero-order chi connectivity index (χ0) is 10.7. The van der Waals surface area contributed by atoms with Crippen LogP contribution in [0.15, 0.2) is 0 Å². The largest absolute Gasteiger partial charge is 0.466 e. The monoisotopic (exact) mass is 212 g/mol. The number of hydrogen-bond donors (Lipinski definition) is 0. The minimum atomic E-state index is -0.00894. The Kier molecular flexibility index (Phi) is 3.29. The summed E-state index contributed by atoms with van der Waals surface area (Å²) in [6.45, 7) is 3.27. The van der Waals surface area contributed by atoms with Crippen LogP contribution in [-0.2, 0) is 14.3 Å². The molecule has 2 fully saturated rings. The molecule has 0 radical (unpaired) electrons. The Bertz CT molecular complexity index is 221. The van der Waals surface area contributed by atoms with Gasteiger partial charge in [0.2, 0.25) is 0 Å². The lowest BCUT2D eigenvalue weighted by Gasteiger charge is -2.35. The molecule has 0 bridgehead atoms. The summed E-state index contributed by atoms with van der Waals surface area (Å²) >= 11 is 0. The van der Waals surface area contributed by atoms with E-state index in [2.05, 4.69) is 0 Å². The smallest absolute Gasteiger partial charge is 0.308 e. The van der Waals surface area contributed by atoms with Gasteiger partial charge in [-0.1, -0.05) is 0 Å². The van der Waals surface area contributed by atoms with Crippen LogP contribution in [0.2, 0.25) is 0 Å². The normalized spacial score (nSPS) is 35.7. The van der Waals surface area contributed by atoms with Crippen molar-refractivity contribution in [3.05, 3.63) is 0 Å². The van der Waals surface area contributed by atoms with Crippen LogP contribution in [0.1, 0.15) is 45.4 Å². The predicted octanol–water partition coefficient (Wildman–Crippen LogP) is 2.29. The van der Waals surface area contributed by atoms with Crippen molar-refractivity contribution in [2.24, 2.45) is 5.92 Å². The Morgan fingerprint density at radius 3 is 2.67 bits per heavy atom. The van der Waals surface area contributed by atoms with E-state index in [1.54, 1.807) is 0 Å². The van der Waals surface area contributed by atoms with E-state index in [1.807, 2.05) is 6.92 Å². The molecule has 0 aromatic heterocycles. The summed E-state index contributed by atoms with van der Waals surface area (Å²) in [5.41, 5.74) is 0.128. The van der Waals surface area contributed by atoms with Crippen molar-refractivity contribution in [3.8, 4) is 0 Å². The van der Waals surface area contributed by atoms with Gasteiger partial charge in [0.15, 0.2) is 0 Å². The first-order chi connectivity index (χ1) is 7.26. The van der Waals surface area contributed by atoms with Crippen LogP contribution < -0.4 is 0 Å². The van der Waals surface area contributed by atoms with Gasteiger partial charge in [0.1, 0.15) is 0 Å². The molecule has 0 aromatic rings. The number of hydrogen-bond acceptors (Lipinski definition) is 3. The number of ether oxygens (including phenoxy) is 2. The van der Waals surface area contributed by atoms with E-state index in [0.29, 0.717) is 6.61 Å². The second-order valence-electron chi connectivity index (χ2n) is 4.66. The first-order valence-electron chi connectivity index (χ1n) is 6.06. The van der Waals surface area contributed by atoms with Crippen LogP contribution in [0.25, 0.3) is 0 Å². The molecular formula is C12H20O3. The first kappa shape index (κ1) is 10.9. The Balaban J connectivity index is 1.83. The van der Waals surface area contributed by atoms with Crippen molar-refractivity contribution < 1.29 is 14.3 Å². The van der Waals surface area contributed by atoms with Crippen LogP contribution >= 0.6 is 0 Å². The lowest BCUT2D eigenvalue weighted by atomic mass is 9.77. The third-order valence-corrected chi connectivity index (χ3v) is 3.70. The third kappa shape index (κ3) is 2.33. The van der Waals surface area contributed by atoms with Crippen LogP contribution in [0, 0.1) is 5.92 Å². The molecule has 0 aromatic carbocycles. The van der Waals surface area contributed by atoms with Crippen LogP contribution in [0.4, 0.5) is 0 Å².